The molecule has 2 aromatic carbocycles. The van der Waals surface area contributed by atoms with Gasteiger partial charge in [-0.1, -0.05) is 53.5 Å². The number of benzene rings is 2. The summed E-state index contributed by atoms with van der Waals surface area (Å²) in [6.07, 6.45) is 5.57. The van der Waals surface area contributed by atoms with Crippen molar-refractivity contribution < 1.29 is 13.2 Å². The fraction of sp³-hybridized carbons (Fsp3) is 0.379. The van der Waals surface area contributed by atoms with Gasteiger partial charge in [0.1, 0.15) is 0 Å². The Morgan fingerprint density at radius 2 is 1.68 bits per heavy atom. The number of hydrogen-bond acceptors (Lipinski definition) is 6. The highest BCUT2D eigenvalue weighted by Gasteiger charge is 2.28. The van der Waals surface area contributed by atoms with E-state index in [2.05, 4.69) is 43.9 Å². The Kier molecular flexibility index (Phi) is 10.4. The third-order valence-corrected chi connectivity index (χ3v) is 9.44. The predicted octanol–water partition coefficient (Wildman–Crippen LogP) is 4.98. The minimum absolute atomic E-state index is 0.235. The van der Waals surface area contributed by atoms with Gasteiger partial charge in [0.2, 0.25) is 10.0 Å². The van der Waals surface area contributed by atoms with Crippen molar-refractivity contribution in [3.05, 3.63) is 88.2 Å². The van der Waals surface area contributed by atoms with Gasteiger partial charge in [-0.2, -0.15) is 0 Å². The van der Waals surface area contributed by atoms with Gasteiger partial charge >= 0.3 is 0 Å². The Balaban J connectivity index is 1.36. The molecule has 1 aliphatic rings. The lowest BCUT2D eigenvalue weighted by molar-refractivity contribution is 0.0945. The van der Waals surface area contributed by atoms with Crippen LogP contribution >= 0.6 is 23.2 Å². The van der Waals surface area contributed by atoms with Crippen molar-refractivity contribution in [1.82, 2.24) is 19.9 Å². The van der Waals surface area contributed by atoms with Crippen molar-refractivity contribution in [3.8, 4) is 0 Å². The highest BCUT2D eigenvalue weighted by molar-refractivity contribution is 7.89. The van der Waals surface area contributed by atoms with Crippen LogP contribution in [0.3, 0.4) is 0 Å². The average molecular weight is 605 g/mol. The number of nitrogens with zero attached hydrogens (tertiary/aromatic N) is 3. The lowest BCUT2D eigenvalue weighted by Crippen LogP contribution is -2.48. The van der Waals surface area contributed by atoms with Crippen molar-refractivity contribution in [2.75, 3.05) is 31.6 Å². The van der Waals surface area contributed by atoms with E-state index in [1.807, 2.05) is 30.3 Å². The molecule has 11 heteroatoms. The first-order valence-electron chi connectivity index (χ1n) is 13.3. The molecule has 8 nitrogen and oxygen atoms in total. The van der Waals surface area contributed by atoms with Gasteiger partial charge in [0, 0.05) is 56.3 Å². The number of sulfonamides is 1. The number of nitrogens with one attached hydrogen (secondary N) is 2. The molecule has 1 aliphatic heterocycles. The van der Waals surface area contributed by atoms with E-state index in [0.29, 0.717) is 18.6 Å². The lowest BCUT2D eigenvalue weighted by Gasteiger charge is -2.42. The molecule has 0 spiro atoms. The topological polar surface area (TPSA) is 94.6 Å². The summed E-state index contributed by atoms with van der Waals surface area (Å²) in [6.45, 7) is 5.29. The molecule has 214 valence electrons. The number of aromatic nitrogens is 1. The van der Waals surface area contributed by atoms with Crippen LogP contribution in [0.1, 0.15) is 42.1 Å². The van der Waals surface area contributed by atoms with Crippen LogP contribution in [0.2, 0.25) is 10.0 Å². The van der Waals surface area contributed by atoms with E-state index in [4.69, 9.17) is 23.2 Å². The van der Waals surface area contributed by atoms with Gasteiger partial charge in [0.05, 0.1) is 20.5 Å². The molecule has 0 saturated carbocycles. The van der Waals surface area contributed by atoms with Crippen LogP contribution in [0.4, 0.5) is 5.69 Å². The fourth-order valence-electron chi connectivity index (χ4n) is 5.08. The second kappa shape index (κ2) is 13.8. The van der Waals surface area contributed by atoms with E-state index in [1.165, 1.54) is 25.0 Å². The van der Waals surface area contributed by atoms with E-state index < -0.39 is 10.0 Å². The summed E-state index contributed by atoms with van der Waals surface area (Å²) in [4.78, 5) is 21.6. The van der Waals surface area contributed by atoms with Crippen molar-refractivity contribution in [2.24, 2.45) is 0 Å². The number of hydrogen-bond donors (Lipinski definition) is 2. The summed E-state index contributed by atoms with van der Waals surface area (Å²) in [5.74, 6) is -0.298. The molecule has 1 atom stereocenters. The number of likely N-dealkylation sites (tertiary alicyclic amines) is 1. The first kappa shape index (κ1) is 30.3. The molecule has 1 aromatic heterocycles. The first-order valence-corrected chi connectivity index (χ1v) is 15.6. The Morgan fingerprint density at radius 1 is 1.05 bits per heavy atom. The lowest BCUT2D eigenvalue weighted by atomic mass is 9.99. The first-order chi connectivity index (χ1) is 19.2. The van der Waals surface area contributed by atoms with E-state index >= 15 is 0 Å². The number of pyridine rings is 1. The molecule has 1 fully saturated rings. The van der Waals surface area contributed by atoms with Crippen LogP contribution in [-0.4, -0.2) is 63.0 Å². The molecular weight excluding hydrogens is 569 g/mol. The number of carbonyl (C=O) groups is 1. The molecular formula is C29H35Cl2N5O3S. The molecule has 0 radical (unpaired) electrons. The maximum atomic E-state index is 12.6. The van der Waals surface area contributed by atoms with Crippen LogP contribution < -0.4 is 14.9 Å². The van der Waals surface area contributed by atoms with Gasteiger partial charge in [0.15, 0.2) is 0 Å². The van der Waals surface area contributed by atoms with Gasteiger partial charge in [-0.3, -0.25) is 9.78 Å². The van der Waals surface area contributed by atoms with Gasteiger partial charge in [0.25, 0.3) is 5.91 Å². The van der Waals surface area contributed by atoms with E-state index in [9.17, 15) is 13.2 Å². The molecule has 2 heterocycles. The number of anilines is 1. The van der Waals surface area contributed by atoms with Gasteiger partial charge in [-0.25, -0.2) is 13.1 Å². The van der Waals surface area contributed by atoms with Crippen molar-refractivity contribution >= 4 is 44.8 Å². The summed E-state index contributed by atoms with van der Waals surface area (Å²) in [5, 5.41) is 3.40. The Morgan fingerprint density at radius 3 is 2.27 bits per heavy atom. The highest BCUT2D eigenvalue weighted by atomic mass is 35.5. The highest BCUT2D eigenvalue weighted by Crippen LogP contribution is 2.28. The summed E-state index contributed by atoms with van der Waals surface area (Å²) in [7, 11) is -2.08. The summed E-state index contributed by atoms with van der Waals surface area (Å²) < 4.78 is 26.8. The zero-order chi connectivity index (χ0) is 28.7. The zero-order valence-electron chi connectivity index (χ0n) is 22.7. The normalized spacial score (nSPS) is 15.5. The Labute approximate surface area is 246 Å². The van der Waals surface area contributed by atoms with Crippen molar-refractivity contribution in [2.45, 2.75) is 49.7 Å². The standard InChI is InChI=1S/C29H35Cl2N5O3S/c1-21(12-15-34-29(37)28-26(30)18-33-19-27(28)31)35-16-13-24(14-17-35)36(20-22-6-4-3-5-7-22)23-8-10-25(11-9-23)40(38,39)32-2/h3-11,18-19,21,24,32H,12-17,20H2,1-2H3,(H,34,37). The van der Waals surface area contributed by atoms with Gasteiger partial charge < -0.3 is 15.1 Å². The molecule has 0 bridgehead atoms. The zero-order valence-corrected chi connectivity index (χ0v) is 25.0. The number of carbonyl (C=O) groups excluding carboxylic acids is 1. The molecule has 40 heavy (non-hydrogen) atoms. The predicted molar refractivity (Wildman–Crippen MR) is 161 cm³/mol. The van der Waals surface area contributed by atoms with Crippen LogP contribution in [0.25, 0.3) is 0 Å². The molecule has 0 aliphatic carbocycles. The SMILES string of the molecule is CNS(=O)(=O)c1ccc(N(Cc2ccccc2)C2CCN(C(C)CCNC(=O)c3c(Cl)cncc3Cl)CC2)cc1. The molecule has 2 N–H and O–H groups in total. The van der Waals surface area contributed by atoms with Gasteiger partial charge in [-0.15, -0.1) is 0 Å². The Hall–Kier alpha value is -2.69. The third kappa shape index (κ3) is 7.53. The van der Waals surface area contributed by atoms with Crippen molar-refractivity contribution in [3.63, 3.8) is 0 Å². The monoisotopic (exact) mass is 603 g/mol. The van der Waals surface area contributed by atoms with Crippen LogP contribution in [0, 0.1) is 0 Å². The maximum absolute atomic E-state index is 12.6. The molecule has 1 unspecified atom stereocenters. The van der Waals surface area contributed by atoms with Crippen LogP contribution in [0.15, 0.2) is 71.9 Å². The molecule has 4 rings (SSSR count). The van der Waals surface area contributed by atoms with Crippen molar-refractivity contribution in [1.29, 1.82) is 0 Å². The number of rotatable bonds is 11. The van der Waals surface area contributed by atoms with Gasteiger partial charge in [-0.05, 0) is 63.1 Å². The summed E-state index contributed by atoms with van der Waals surface area (Å²) in [5.41, 5.74) is 2.46. The maximum Gasteiger partial charge on any atom is 0.254 e. The smallest absolute Gasteiger partial charge is 0.254 e. The molecule has 1 saturated heterocycles. The fourth-order valence-corrected chi connectivity index (χ4v) is 6.34. The van der Waals surface area contributed by atoms with E-state index in [1.54, 1.807) is 12.1 Å². The van der Waals surface area contributed by atoms with E-state index in [-0.39, 0.29) is 26.4 Å². The number of piperidine rings is 1. The quantitative estimate of drug-likeness (QED) is 0.321. The molecule has 1 amide bonds. The number of halogens is 2. The molecule has 3 aromatic rings. The minimum Gasteiger partial charge on any atom is -0.364 e. The number of amides is 1. The second-order valence-corrected chi connectivity index (χ2v) is 12.7. The largest absolute Gasteiger partial charge is 0.364 e. The van der Waals surface area contributed by atoms with Crippen LogP contribution in [-0.2, 0) is 16.6 Å². The summed E-state index contributed by atoms with van der Waals surface area (Å²) in [6, 6.07) is 18.0. The third-order valence-electron chi connectivity index (χ3n) is 7.43. The Bertz CT molecular complexity index is 1360. The van der Waals surface area contributed by atoms with Crippen LogP contribution in [0.5, 0.6) is 0 Å². The van der Waals surface area contributed by atoms with E-state index in [0.717, 1.165) is 44.6 Å². The second-order valence-electron chi connectivity index (χ2n) is 9.95. The summed E-state index contributed by atoms with van der Waals surface area (Å²) >= 11 is 12.2. The average Bonchev–Trinajstić information content (AvgIpc) is 2.96. The minimum atomic E-state index is -3.49.